The molecule has 0 fully saturated rings. The van der Waals surface area contributed by atoms with Gasteiger partial charge in [-0.25, -0.2) is 14.4 Å². The first-order valence-electron chi connectivity index (χ1n) is 9.13. The lowest BCUT2D eigenvalue weighted by Gasteiger charge is -2.18. The summed E-state index contributed by atoms with van der Waals surface area (Å²) in [6, 6.07) is 4.53. The van der Waals surface area contributed by atoms with Crippen molar-refractivity contribution in [2.45, 2.75) is 45.1 Å². The molecule has 0 spiro atoms. The highest BCUT2D eigenvalue weighted by Gasteiger charge is 2.24. The van der Waals surface area contributed by atoms with Gasteiger partial charge in [-0.1, -0.05) is 18.7 Å². The predicted octanol–water partition coefficient (Wildman–Crippen LogP) is 5.55. The lowest BCUT2D eigenvalue weighted by Crippen LogP contribution is -2.09. The molecule has 1 aliphatic carbocycles. The minimum absolute atomic E-state index is 0.00904. The fourth-order valence-corrected chi connectivity index (χ4v) is 6.04. The number of aryl methyl sites for hydroxylation is 3. The fraction of sp³-hybridized carbons (Fsp3) is 0.381. The van der Waals surface area contributed by atoms with Crippen LogP contribution in [0.5, 0.6) is 0 Å². The van der Waals surface area contributed by atoms with E-state index in [-0.39, 0.29) is 17.4 Å². The molecule has 1 atom stereocenters. The Morgan fingerprint density at radius 3 is 2.93 bits per heavy atom. The second-order valence-corrected chi connectivity index (χ2v) is 9.33. The van der Waals surface area contributed by atoms with Crippen molar-refractivity contribution in [3.8, 4) is 0 Å². The number of thiophene rings is 1. The van der Waals surface area contributed by atoms with Crippen molar-refractivity contribution in [1.29, 1.82) is 0 Å². The molecule has 4 rings (SSSR count). The molecule has 0 saturated heterocycles. The molecule has 0 saturated carbocycles. The van der Waals surface area contributed by atoms with E-state index in [1.165, 1.54) is 34.7 Å². The third-order valence-electron chi connectivity index (χ3n) is 5.05. The van der Waals surface area contributed by atoms with Crippen molar-refractivity contribution < 1.29 is 9.18 Å². The van der Waals surface area contributed by atoms with E-state index in [9.17, 15) is 9.18 Å². The first kappa shape index (κ1) is 18.6. The Labute approximate surface area is 166 Å². The molecule has 1 unspecified atom stereocenters. The number of Topliss-reactive ketones (excluding diaryl/α,β-unsaturated/α-hetero) is 1. The van der Waals surface area contributed by atoms with Crippen LogP contribution in [0.4, 0.5) is 4.39 Å². The van der Waals surface area contributed by atoms with Crippen LogP contribution in [0.25, 0.3) is 10.2 Å². The summed E-state index contributed by atoms with van der Waals surface area (Å²) < 4.78 is 13.5. The summed E-state index contributed by atoms with van der Waals surface area (Å²) >= 11 is 3.24. The number of hydrogen-bond acceptors (Lipinski definition) is 5. The SMILES string of the molecule is Cc1nc(SCC(=O)c2ccc(F)c(C)c2)c2c3c(sc2n1)CC(C)CC3. The Morgan fingerprint density at radius 2 is 2.15 bits per heavy atom. The molecule has 0 bridgehead atoms. The second-order valence-electron chi connectivity index (χ2n) is 7.28. The highest BCUT2D eigenvalue weighted by atomic mass is 32.2. The zero-order chi connectivity index (χ0) is 19.1. The van der Waals surface area contributed by atoms with Crippen molar-refractivity contribution in [2.24, 2.45) is 5.92 Å². The van der Waals surface area contributed by atoms with Gasteiger partial charge in [-0.2, -0.15) is 0 Å². The van der Waals surface area contributed by atoms with E-state index in [1.54, 1.807) is 30.4 Å². The van der Waals surface area contributed by atoms with Gasteiger partial charge in [0.2, 0.25) is 0 Å². The van der Waals surface area contributed by atoms with Gasteiger partial charge in [0.05, 0.1) is 5.75 Å². The number of rotatable bonds is 4. The highest BCUT2D eigenvalue weighted by Crippen LogP contribution is 2.41. The summed E-state index contributed by atoms with van der Waals surface area (Å²) in [6.07, 6.45) is 3.35. The monoisotopic (exact) mass is 400 g/mol. The molecule has 2 aromatic heterocycles. The van der Waals surface area contributed by atoms with Crippen LogP contribution in [-0.4, -0.2) is 21.5 Å². The minimum atomic E-state index is -0.286. The summed E-state index contributed by atoms with van der Waals surface area (Å²) in [5.41, 5.74) is 2.41. The Balaban J connectivity index is 1.63. The molecule has 0 N–H and O–H groups in total. The normalized spacial score (nSPS) is 16.5. The first-order chi connectivity index (χ1) is 12.9. The van der Waals surface area contributed by atoms with E-state index in [0.717, 1.165) is 33.9 Å². The fourth-order valence-electron chi connectivity index (χ4n) is 3.55. The Hall–Kier alpha value is -1.79. The standard InChI is InChI=1S/C21H21FN2OS2/c1-11-4-6-15-18(8-11)27-21-19(15)20(23-13(3)24-21)26-10-17(25)14-5-7-16(22)12(2)9-14/h5,7,9,11H,4,6,8,10H2,1-3H3. The summed E-state index contributed by atoms with van der Waals surface area (Å²) in [7, 11) is 0. The molecule has 2 heterocycles. The van der Waals surface area contributed by atoms with Crippen molar-refractivity contribution in [3.63, 3.8) is 0 Å². The molecule has 0 amide bonds. The molecule has 1 aliphatic rings. The number of carbonyl (C=O) groups is 1. The maximum Gasteiger partial charge on any atom is 0.173 e. The largest absolute Gasteiger partial charge is 0.293 e. The van der Waals surface area contributed by atoms with Crippen LogP contribution >= 0.6 is 23.1 Å². The molecular formula is C21H21FN2OS2. The smallest absolute Gasteiger partial charge is 0.173 e. The van der Waals surface area contributed by atoms with Gasteiger partial charge in [0.15, 0.2) is 5.78 Å². The van der Waals surface area contributed by atoms with Gasteiger partial charge in [-0.3, -0.25) is 4.79 Å². The Kier molecular flexibility index (Phi) is 5.03. The molecule has 6 heteroatoms. The van der Waals surface area contributed by atoms with Gasteiger partial charge in [0.1, 0.15) is 21.5 Å². The maximum atomic E-state index is 13.5. The molecule has 3 nitrogen and oxygen atoms in total. The van der Waals surface area contributed by atoms with Crippen LogP contribution in [0.15, 0.2) is 23.2 Å². The molecule has 1 aromatic carbocycles. The predicted molar refractivity (Wildman–Crippen MR) is 110 cm³/mol. The third kappa shape index (κ3) is 3.65. The van der Waals surface area contributed by atoms with Crippen molar-refractivity contribution in [1.82, 2.24) is 9.97 Å². The van der Waals surface area contributed by atoms with Crippen LogP contribution in [0.2, 0.25) is 0 Å². The number of aromatic nitrogens is 2. The lowest BCUT2D eigenvalue weighted by molar-refractivity contribution is 0.102. The lowest BCUT2D eigenvalue weighted by atomic mass is 9.89. The van der Waals surface area contributed by atoms with E-state index in [4.69, 9.17) is 0 Å². The van der Waals surface area contributed by atoms with Crippen LogP contribution in [-0.2, 0) is 12.8 Å². The van der Waals surface area contributed by atoms with Gasteiger partial charge >= 0.3 is 0 Å². The molecule has 0 radical (unpaired) electrons. The molecule has 27 heavy (non-hydrogen) atoms. The number of nitrogens with zero attached hydrogens (tertiary/aromatic N) is 2. The quantitative estimate of drug-likeness (QED) is 0.327. The van der Waals surface area contributed by atoms with E-state index < -0.39 is 0 Å². The van der Waals surface area contributed by atoms with Gasteiger partial charge in [-0.05, 0) is 68.4 Å². The summed E-state index contributed by atoms with van der Waals surface area (Å²) in [6.45, 7) is 5.87. The molecule has 140 valence electrons. The van der Waals surface area contributed by atoms with E-state index in [2.05, 4.69) is 16.9 Å². The third-order valence-corrected chi connectivity index (χ3v) is 7.18. The number of ketones is 1. The van der Waals surface area contributed by atoms with Gasteiger partial charge in [0, 0.05) is 15.8 Å². The molecule has 3 aromatic rings. The van der Waals surface area contributed by atoms with Crippen LogP contribution in [0.3, 0.4) is 0 Å². The van der Waals surface area contributed by atoms with E-state index >= 15 is 0 Å². The van der Waals surface area contributed by atoms with Crippen molar-refractivity contribution in [2.75, 3.05) is 5.75 Å². The average Bonchev–Trinajstić information content (AvgIpc) is 2.98. The van der Waals surface area contributed by atoms with Crippen molar-refractivity contribution in [3.05, 3.63) is 51.4 Å². The number of fused-ring (bicyclic) bond motifs is 3. The maximum absolute atomic E-state index is 13.5. The van der Waals surface area contributed by atoms with E-state index in [0.29, 0.717) is 17.0 Å². The van der Waals surface area contributed by atoms with E-state index in [1.807, 2.05) is 6.92 Å². The number of hydrogen-bond donors (Lipinski definition) is 0. The molecular weight excluding hydrogens is 379 g/mol. The van der Waals surface area contributed by atoms with Crippen LogP contribution in [0, 0.1) is 25.6 Å². The minimum Gasteiger partial charge on any atom is -0.293 e. The van der Waals surface area contributed by atoms with Crippen LogP contribution < -0.4 is 0 Å². The van der Waals surface area contributed by atoms with Gasteiger partial charge in [0.25, 0.3) is 0 Å². The zero-order valence-electron chi connectivity index (χ0n) is 15.6. The second kappa shape index (κ2) is 7.32. The van der Waals surface area contributed by atoms with Gasteiger partial charge in [-0.15, -0.1) is 11.3 Å². The summed E-state index contributed by atoms with van der Waals surface area (Å²) in [5.74, 6) is 1.44. The van der Waals surface area contributed by atoms with Gasteiger partial charge < -0.3 is 0 Å². The Morgan fingerprint density at radius 1 is 1.33 bits per heavy atom. The number of benzene rings is 1. The van der Waals surface area contributed by atoms with Crippen molar-refractivity contribution >= 4 is 39.1 Å². The summed E-state index contributed by atoms with van der Waals surface area (Å²) in [5, 5.41) is 2.04. The topological polar surface area (TPSA) is 42.9 Å². The van der Waals surface area contributed by atoms with Crippen LogP contribution in [0.1, 0.15) is 45.5 Å². The number of carbonyl (C=O) groups excluding carboxylic acids is 1. The molecule has 0 aliphatic heterocycles. The summed E-state index contributed by atoms with van der Waals surface area (Å²) in [4.78, 5) is 24.3. The number of halogens is 1. The first-order valence-corrected chi connectivity index (χ1v) is 10.9. The zero-order valence-corrected chi connectivity index (χ0v) is 17.3. The Bertz CT molecular complexity index is 1040. The average molecular weight is 401 g/mol. The number of thioether (sulfide) groups is 1. The highest BCUT2D eigenvalue weighted by molar-refractivity contribution is 8.00.